The van der Waals surface area contributed by atoms with Gasteiger partial charge in [-0.2, -0.15) is 0 Å². The molecule has 0 amide bonds. The largest absolute Gasteiger partial charge is 0.478 e. The topological polar surface area (TPSA) is 75.3 Å². The first-order valence-electron chi connectivity index (χ1n) is 5.59. The first-order chi connectivity index (χ1) is 8.99. The van der Waals surface area contributed by atoms with E-state index in [0.29, 0.717) is 12.2 Å². The van der Waals surface area contributed by atoms with Crippen LogP contribution in [0.3, 0.4) is 0 Å². The van der Waals surface area contributed by atoms with E-state index in [2.05, 4.69) is 5.32 Å². The second-order valence-corrected chi connectivity index (χ2v) is 5.43. The number of thiophene rings is 1. The number of carbonyl (C=O) groups is 1. The quantitative estimate of drug-likeness (QED) is 0.752. The summed E-state index contributed by atoms with van der Waals surface area (Å²) in [6.07, 6.45) is 0. The molecule has 0 aliphatic carbocycles. The van der Waals surface area contributed by atoms with Crippen molar-refractivity contribution in [3.8, 4) is 0 Å². The highest BCUT2D eigenvalue weighted by Crippen LogP contribution is 2.26. The molecule has 2 aromatic rings. The predicted molar refractivity (Wildman–Crippen MR) is 74.2 cm³/mol. The van der Waals surface area contributed by atoms with Crippen molar-refractivity contribution in [1.29, 1.82) is 0 Å². The third-order valence-corrected chi connectivity index (χ3v) is 3.66. The molecule has 0 saturated heterocycles. The third-order valence-electron chi connectivity index (χ3n) is 2.66. The zero-order valence-electron chi connectivity index (χ0n) is 10.2. The first kappa shape index (κ1) is 13.4. The number of aryl methyl sites for hydroxylation is 1. The van der Waals surface area contributed by atoms with E-state index in [9.17, 15) is 9.18 Å². The molecule has 0 unspecified atom stereocenters. The number of carboxylic acids is 1. The number of aromatic carboxylic acids is 1. The maximum atomic E-state index is 13.3. The summed E-state index contributed by atoms with van der Waals surface area (Å²) in [7, 11) is 0. The molecule has 0 spiro atoms. The summed E-state index contributed by atoms with van der Waals surface area (Å²) in [4.78, 5) is 13.4. The van der Waals surface area contributed by atoms with Gasteiger partial charge in [-0.05, 0) is 31.2 Å². The predicted octanol–water partition coefficient (Wildman–Crippen LogP) is 3.09. The van der Waals surface area contributed by atoms with Crippen LogP contribution in [0.5, 0.6) is 0 Å². The summed E-state index contributed by atoms with van der Waals surface area (Å²) in [5.41, 5.74) is 5.21. The van der Waals surface area contributed by atoms with Gasteiger partial charge < -0.3 is 16.2 Å². The Kier molecular flexibility index (Phi) is 3.71. The van der Waals surface area contributed by atoms with Gasteiger partial charge in [0.2, 0.25) is 0 Å². The number of nitrogens with one attached hydrogen (secondary N) is 1. The lowest BCUT2D eigenvalue weighted by atomic mass is 10.1. The highest BCUT2D eigenvalue weighted by atomic mass is 32.1. The van der Waals surface area contributed by atoms with E-state index < -0.39 is 11.8 Å². The Balaban J connectivity index is 2.25. The Bertz CT molecular complexity index is 625. The zero-order valence-corrected chi connectivity index (χ0v) is 11.1. The Morgan fingerprint density at radius 3 is 2.74 bits per heavy atom. The van der Waals surface area contributed by atoms with Crippen molar-refractivity contribution in [3.63, 3.8) is 0 Å². The molecule has 6 heteroatoms. The molecule has 100 valence electrons. The molecular weight excluding hydrogens is 267 g/mol. The first-order valence-corrected chi connectivity index (χ1v) is 6.41. The number of rotatable bonds is 4. The highest BCUT2D eigenvalue weighted by molar-refractivity contribution is 7.11. The fourth-order valence-corrected chi connectivity index (χ4v) is 2.56. The van der Waals surface area contributed by atoms with Crippen molar-refractivity contribution in [2.45, 2.75) is 13.5 Å². The standard InChI is InChI=1S/C13H13FN2O2S/c1-7-2-3-8(19-7)6-16-10-5-4-9(14)12(15)11(10)13(17)18/h2-5,16H,6,15H2,1H3,(H,17,18). The van der Waals surface area contributed by atoms with Crippen molar-refractivity contribution in [1.82, 2.24) is 0 Å². The van der Waals surface area contributed by atoms with Crippen LogP contribution in [0, 0.1) is 12.7 Å². The molecule has 0 radical (unpaired) electrons. The fourth-order valence-electron chi connectivity index (χ4n) is 1.73. The van der Waals surface area contributed by atoms with Crippen molar-refractivity contribution < 1.29 is 14.3 Å². The maximum absolute atomic E-state index is 13.3. The van der Waals surface area contributed by atoms with Gasteiger partial charge in [-0.15, -0.1) is 11.3 Å². The molecule has 4 N–H and O–H groups in total. The lowest BCUT2D eigenvalue weighted by Gasteiger charge is -2.11. The molecule has 1 aromatic carbocycles. The lowest BCUT2D eigenvalue weighted by molar-refractivity contribution is 0.0698. The molecule has 0 saturated carbocycles. The number of nitrogen functional groups attached to an aromatic ring is 1. The Labute approximate surface area is 113 Å². The van der Waals surface area contributed by atoms with Crippen LogP contribution in [0.2, 0.25) is 0 Å². The molecule has 0 fully saturated rings. The summed E-state index contributed by atoms with van der Waals surface area (Å²) in [5, 5.41) is 12.1. The Hall–Kier alpha value is -2.08. The second-order valence-electron chi connectivity index (χ2n) is 4.05. The van der Waals surface area contributed by atoms with Crippen LogP contribution in [0.25, 0.3) is 0 Å². The number of benzene rings is 1. The minimum absolute atomic E-state index is 0.228. The van der Waals surface area contributed by atoms with E-state index in [-0.39, 0.29) is 11.3 Å². The molecule has 0 bridgehead atoms. The van der Waals surface area contributed by atoms with Gasteiger partial charge in [-0.1, -0.05) is 0 Å². The SMILES string of the molecule is Cc1ccc(CNc2ccc(F)c(N)c2C(=O)O)s1. The Morgan fingerprint density at radius 1 is 1.42 bits per heavy atom. The average Bonchev–Trinajstić information content (AvgIpc) is 2.76. The smallest absolute Gasteiger partial charge is 0.340 e. The fraction of sp³-hybridized carbons (Fsp3) is 0.154. The molecule has 0 aliphatic rings. The highest BCUT2D eigenvalue weighted by Gasteiger charge is 2.17. The molecule has 0 atom stereocenters. The van der Waals surface area contributed by atoms with Gasteiger partial charge >= 0.3 is 5.97 Å². The summed E-state index contributed by atoms with van der Waals surface area (Å²) in [5.74, 6) is -1.98. The van der Waals surface area contributed by atoms with Gasteiger partial charge in [0, 0.05) is 16.3 Å². The molecule has 1 heterocycles. The van der Waals surface area contributed by atoms with E-state index in [0.717, 1.165) is 10.9 Å². The second kappa shape index (κ2) is 5.27. The minimum Gasteiger partial charge on any atom is -0.478 e. The van der Waals surface area contributed by atoms with Crippen LogP contribution in [0.4, 0.5) is 15.8 Å². The monoisotopic (exact) mass is 280 g/mol. The average molecular weight is 280 g/mol. The van der Waals surface area contributed by atoms with Gasteiger partial charge in [0.1, 0.15) is 11.4 Å². The Morgan fingerprint density at radius 2 is 2.16 bits per heavy atom. The van der Waals surface area contributed by atoms with E-state index >= 15 is 0 Å². The van der Waals surface area contributed by atoms with Gasteiger partial charge in [-0.25, -0.2) is 9.18 Å². The van der Waals surface area contributed by atoms with E-state index in [1.807, 2.05) is 19.1 Å². The van der Waals surface area contributed by atoms with Gasteiger partial charge in [0.05, 0.1) is 11.4 Å². The summed E-state index contributed by atoms with van der Waals surface area (Å²) < 4.78 is 13.3. The molecule has 4 nitrogen and oxygen atoms in total. The number of hydrogen-bond donors (Lipinski definition) is 3. The summed E-state index contributed by atoms with van der Waals surface area (Å²) in [6.45, 7) is 2.47. The van der Waals surface area contributed by atoms with E-state index in [4.69, 9.17) is 10.8 Å². The van der Waals surface area contributed by atoms with Crippen LogP contribution in [0.1, 0.15) is 20.1 Å². The molecular formula is C13H13FN2O2S. The van der Waals surface area contributed by atoms with Crippen molar-refractivity contribution in [2.24, 2.45) is 0 Å². The third kappa shape index (κ3) is 2.85. The molecule has 2 rings (SSSR count). The number of anilines is 2. The normalized spacial score (nSPS) is 10.4. The van der Waals surface area contributed by atoms with Crippen LogP contribution in [-0.4, -0.2) is 11.1 Å². The van der Waals surface area contributed by atoms with Crippen LogP contribution in [-0.2, 0) is 6.54 Å². The summed E-state index contributed by atoms with van der Waals surface area (Å²) in [6, 6.07) is 6.48. The number of hydrogen-bond acceptors (Lipinski definition) is 4. The van der Waals surface area contributed by atoms with E-state index in [1.54, 1.807) is 11.3 Å². The van der Waals surface area contributed by atoms with Crippen molar-refractivity contribution in [2.75, 3.05) is 11.1 Å². The number of nitrogens with two attached hydrogens (primary N) is 1. The van der Waals surface area contributed by atoms with Crippen molar-refractivity contribution >= 4 is 28.7 Å². The molecule has 19 heavy (non-hydrogen) atoms. The number of carboxylic acid groups (broad SMARTS) is 1. The van der Waals surface area contributed by atoms with Gasteiger partial charge in [-0.3, -0.25) is 0 Å². The van der Waals surface area contributed by atoms with Crippen LogP contribution in [0.15, 0.2) is 24.3 Å². The van der Waals surface area contributed by atoms with Crippen molar-refractivity contribution in [3.05, 3.63) is 45.4 Å². The van der Waals surface area contributed by atoms with Gasteiger partial charge in [0.25, 0.3) is 0 Å². The molecule has 0 aliphatic heterocycles. The van der Waals surface area contributed by atoms with E-state index in [1.165, 1.54) is 10.9 Å². The van der Waals surface area contributed by atoms with Crippen LogP contribution >= 0.6 is 11.3 Å². The lowest BCUT2D eigenvalue weighted by Crippen LogP contribution is -2.10. The minimum atomic E-state index is -1.25. The molecule has 1 aromatic heterocycles. The van der Waals surface area contributed by atoms with Gasteiger partial charge in [0.15, 0.2) is 0 Å². The maximum Gasteiger partial charge on any atom is 0.340 e. The van der Waals surface area contributed by atoms with Crippen LogP contribution < -0.4 is 11.1 Å². The zero-order chi connectivity index (χ0) is 14.0. The summed E-state index contributed by atoms with van der Waals surface area (Å²) >= 11 is 1.61. The number of halogens is 1.